The van der Waals surface area contributed by atoms with E-state index in [1.807, 2.05) is 13.0 Å². The van der Waals surface area contributed by atoms with Crippen LogP contribution in [0.3, 0.4) is 0 Å². The van der Waals surface area contributed by atoms with Gasteiger partial charge in [0.1, 0.15) is 11.5 Å². The van der Waals surface area contributed by atoms with Crippen molar-refractivity contribution in [1.82, 2.24) is 4.98 Å². The smallest absolute Gasteiger partial charge is 0.267 e. The van der Waals surface area contributed by atoms with Crippen molar-refractivity contribution in [3.05, 3.63) is 65.2 Å². The summed E-state index contributed by atoms with van der Waals surface area (Å²) in [6, 6.07) is 9.97. The van der Waals surface area contributed by atoms with Gasteiger partial charge in [0.25, 0.3) is 5.91 Å². The number of hydrogen-bond donors (Lipinski definition) is 2. The second-order valence-electron chi connectivity index (χ2n) is 5.28. The molecule has 0 bridgehead atoms. The molecule has 0 atom stereocenters. The lowest BCUT2D eigenvalue weighted by atomic mass is 9.93. The van der Waals surface area contributed by atoms with Gasteiger partial charge in [-0.25, -0.2) is 9.37 Å². The first-order chi connectivity index (χ1) is 11.0. The van der Waals surface area contributed by atoms with E-state index >= 15 is 0 Å². The normalized spacial score (nSPS) is 10.9. The van der Waals surface area contributed by atoms with Crippen LogP contribution in [-0.4, -0.2) is 16.0 Å². The van der Waals surface area contributed by atoms with Crippen LogP contribution in [0.1, 0.15) is 21.6 Å². The molecule has 0 spiro atoms. The molecule has 1 aromatic heterocycles. The number of nitrogens with zero attached hydrogens (tertiary/aromatic N) is 1. The van der Waals surface area contributed by atoms with Crippen LogP contribution < -0.4 is 5.73 Å². The third-order valence-electron chi connectivity index (χ3n) is 3.85. The molecule has 1 radical (unpaired) electrons. The second kappa shape index (κ2) is 5.78. The Morgan fingerprint density at radius 3 is 2.83 bits per heavy atom. The molecule has 115 valence electrons. The minimum absolute atomic E-state index is 0.115. The minimum atomic E-state index is -0.651. The van der Waals surface area contributed by atoms with Gasteiger partial charge < -0.3 is 10.8 Å². The summed E-state index contributed by atoms with van der Waals surface area (Å²) in [6.45, 7) is 1.43. The largest absolute Gasteiger partial charge is 0.392 e. The summed E-state index contributed by atoms with van der Waals surface area (Å²) in [5.41, 5.74) is 7.82. The minimum Gasteiger partial charge on any atom is -0.392 e. The molecule has 3 N–H and O–H groups in total. The third-order valence-corrected chi connectivity index (χ3v) is 3.85. The van der Waals surface area contributed by atoms with Crippen molar-refractivity contribution in [2.45, 2.75) is 13.5 Å². The number of aromatic nitrogens is 1. The van der Waals surface area contributed by atoms with Crippen LogP contribution in [0.4, 0.5) is 4.39 Å². The summed E-state index contributed by atoms with van der Waals surface area (Å²) in [4.78, 5) is 15.4. The van der Waals surface area contributed by atoms with Crippen LogP contribution in [0.15, 0.2) is 36.4 Å². The molecule has 0 aliphatic carbocycles. The lowest BCUT2D eigenvalue weighted by molar-refractivity contribution is 0.0997. The van der Waals surface area contributed by atoms with E-state index in [4.69, 9.17) is 5.73 Å². The van der Waals surface area contributed by atoms with Gasteiger partial charge in [-0.15, -0.1) is 0 Å². The number of aryl methyl sites for hydroxylation is 1. The third kappa shape index (κ3) is 2.55. The molecule has 0 fully saturated rings. The SMILES string of the molecule is Cc1ccc(F)c(CO)c1-c1ccc2c[c]nc(C(N)=O)c2c1. The molecule has 0 saturated carbocycles. The highest BCUT2D eigenvalue weighted by Crippen LogP contribution is 2.32. The number of primary amides is 1. The molecule has 1 amide bonds. The molecule has 1 heterocycles. The fraction of sp³-hybridized carbons (Fsp3) is 0.111. The van der Waals surface area contributed by atoms with Crippen molar-refractivity contribution in [1.29, 1.82) is 0 Å². The van der Waals surface area contributed by atoms with Crippen LogP contribution in [-0.2, 0) is 6.61 Å². The van der Waals surface area contributed by atoms with E-state index < -0.39 is 18.3 Å². The second-order valence-corrected chi connectivity index (χ2v) is 5.28. The van der Waals surface area contributed by atoms with Gasteiger partial charge in [0.05, 0.1) is 12.8 Å². The van der Waals surface area contributed by atoms with Gasteiger partial charge in [-0.1, -0.05) is 18.2 Å². The molecule has 3 rings (SSSR count). The Kier molecular flexibility index (Phi) is 3.80. The van der Waals surface area contributed by atoms with Crippen LogP contribution in [0, 0.1) is 18.9 Å². The van der Waals surface area contributed by atoms with Crippen LogP contribution in [0.5, 0.6) is 0 Å². The number of hydrogen-bond acceptors (Lipinski definition) is 3. The van der Waals surface area contributed by atoms with Gasteiger partial charge in [0.15, 0.2) is 0 Å². The first-order valence-electron chi connectivity index (χ1n) is 7.02. The summed E-state index contributed by atoms with van der Waals surface area (Å²) >= 11 is 0. The number of carbonyl (C=O) groups is 1. The van der Waals surface area contributed by atoms with E-state index in [9.17, 15) is 14.3 Å². The van der Waals surface area contributed by atoms with E-state index in [1.165, 1.54) is 6.07 Å². The molecule has 3 aromatic rings. The number of pyridine rings is 1. The van der Waals surface area contributed by atoms with E-state index in [1.54, 1.807) is 24.3 Å². The van der Waals surface area contributed by atoms with Crippen molar-refractivity contribution >= 4 is 16.7 Å². The maximum atomic E-state index is 14.0. The van der Waals surface area contributed by atoms with E-state index in [2.05, 4.69) is 11.2 Å². The van der Waals surface area contributed by atoms with Gasteiger partial charge in [-0.2, -0.15) is 0 Å². The zero-order chi connectivity index (χ0) is 16.6. The summed E-state index contributed by atoms with van der Waals surface area (Å²) in [7, 11) is 0. The molecule has 0 saturated heterocycles. The fourth-order valence-electron chi connectivity index (χ4n) is 2.75. The number of nitrogens with two attached hydrogens (primary N) is 1. The maximum Gasteiger partial charge on any atom is 0.267 e. The zero-order valence-corrected chi connectivity index (χ0v) is 12.4. The lowest BCUT2D eigenvalue weighted by Crippen LogP contribution is -2.13. The molecular weight excluding hydrogens is 295 g/mol. The summed E-state index contributed by atoms with van der Waals surface area (Å²) < 4.78 is 14.0. The highest BCUT2D eigenvalue weighted by atomic mass is 19.1. The first-order valence-corrected chi connectivity index (χ1v) is 7.02. The Bertz CT molecular complexity index is 922. The van der Waals surface area contributed by atoms with Gasteiger partial charge in [0.2, 0.25) is 0 Å². The van der Waals surface area contributed by atoms with E-state index in [-0.39, 0.29) is 11.3 Å². The van der Waals surface area contributed by atoms with Crippen molar-refractivity contribution in [3.63, 3.8) is 0 Å². The lowest BCUT2D eigenvalue weighted by Gasteiger charge is -2.13. The average molecular weight is 309 g/mol. The van der Waals surface area contributed by atoms with Gasteiger partial charge in [-0.3, -0.25) is 4.79 Å². The molecule has 5 heteroatoms. The van der Waals surface area contributed by atoms with Crippen molar-refractivity contribution in [2.75, 3.05) is 0 Å². The number of amides is 1. The summed E-state index contributed by atoms with van der Waals surface area (Å²) in [5, 5.41) is 10.8. The Morgan fingerprint density at radius 1 is 1.35 bits per heavy atom. The highest BCUT2D eigenvalue weighted by molar-refractivity contribution is 6.05. The van der Waals surface area contributed by atoms with Crippen molar-refractivity contribution in [3.8, 4) is 11.1 Å². The Hall–Kier alpha value is -2.79. The number of aliphatic hydroxyl groups is 1. The van der Waals surface area contributed by atoms with Crippen LogP contribution in [0.2, 0.25) is 0 Å². The van der Waals surface area contributed by atoms with Crippen molar-refractivity contribution in [2.24, 2.45) is 5.73 Å². The number of aliphatic hydroxyl groups excluding tert-OH is 1. The summed E-state index contributed by atoms with van der Waals surface area (Å²) in [6.07, 6.45) is 2.64. The predicted octanol–water partition coefficient (Wildman–Crippen LogP) is 2.74. The summed E-state index contributed by atoms with van der Waals surface area (Å²) in [5.74, 6) is -1.12. The van der Waals surface area contributed by atoms with Crippen molar-refractivity contribution < 1.29 is 14.3 Å². The topological polar surface area (TPSA) is 76.2 Å². The molecule has 0 aliphatic rings. The van der Waals surface area contributed by atoms with Gasteiger partial charge in [-0.05, 0) is 47.2 Å². The Balaban J connectivity index is 2.32. The van der Waals surface area contributed by atoms with Gasteiger partial charge in [0, 0.05) is 10.9 Å². The molecule has 2 aromatic carbocycles. The first kappa shape index (κ1) is 15.1. The van der Waals surface area contributed by atoms with Crippen LogP contribution >= 0.6 is 0 Å². The zero-order valence-electron chi connectivity index (χ0n) is 12.4. The molecule has 23 heavy (non-hydrogen) atoms. The van der Waals surface area contributed by atoms with E-state index in [0.29, 0.717) is 16.5 Å². The fourth-order valence-corrected chi connectivity index (χ4v) is 2.75. The standard InChI is InChI=1S/C18H14FN2O2/c1-10-2-5-15(19)14(9-22)16(10)12-4-3-11-6-7-21-17(18(20)23)13(11)8-12/h2-6,8,22H,9H2,1H3,(H2,20,23). The number of halogens is 1. The predicted molar refractivity (Wildman–Crippen MR) is 85.2 cm³/mol. The monoisotopic (exact) mass is 309 g/mol. The highest BCUT2D eigenvalue weighted by Gasteiger charge is 2.15. The Morgan fingerprint density at radius 2 is 2.13 bits per heavy atom. The number of benzene rings is 2. The molecule has 0 unspecified atom stereocenters. The molecule has 0 aliphatic heterocycles. The number of fused-ring (bicyclic) bond motifs is 1. The number of rotatable bonds is 3. The van der Waals surface area contributed by atoms with Gasteiger partial charge >= 0.3 is 0 Å². The van der Waals surface area contributed by atoms with E-state index in [0.717, 1.165) is 10.9 Å². The number of carbonyl (C=O) groups excluding carboxylic acids is 1. The molecule has 4 nitrogen and oxygen atoms in total. The average Bonchev–Trinajstić information content (AvgIpc) is 2.55. The maximum absolute atomic E-state index is 14.0. The van der Waals surface area contributed by atoms with Crippen LogP contribution in [0.25, 0.3) is 21.9 Å². The molecular formula is C18H14FN2O2. The quantitative estimate of drug-likeness (QED) is 0.781. The Labute approximate surface area is 132 Å².